The Hall–Kier alpha value is -3.63. The molecular formula is C50H80NO9P. The smallest absolute Gasteiger partial charge is 0.306 e. The van der Waals surface area contributed by atoms with Gasteiger partial charge >= 0.3 is 11.9 Å². The van der Waals surface area contributed by atoms with Gasteiger partial charge in [-0.25, -0.2) is 0 Å². The molecule has 0 saturated heterocycles. The highest BCUT2D eigenvalue weighted by Crippen LogP contribution is 2.38. The summed E-state index contributed by atoms with van der Waals surface area (Å²) in [5, 5.41) is 9.83. The summed E-state index contributed by atoms with van der Waals surface area (Å²) in [6.07, 6.45) is 53.0. The van der Waals surface area contributed by atoms with Crippen LogP contribution in [0.25, 0.3) is 0 Å². The predicted octanol–water partition coefficient (Wildman–Crippen LogP) is 11.2. The van der Waals surface area contributed by atoms with Gasteiger partial charge in [-0.05, 0) is 83.5 Å². The molecule has 0 spiro atoms. The lowest BCUT2D eigenvalue weighted by atomic mass is 10.1. The zero-order valence-corrected chi connectivity index (χ0v) is 39.1. The number of esters is 2. The number of hydrogen-bond acceptors (Lipinski definition) is 9. The third kappa shape index (κ3) is 44.2. The van der Waals surface area contributed by atoms with Crippen molar-refractivity contribution in [2.75, 3.05) is 47.5 Å². The number of aliphatic hydroxyl groups excluding tert-OH is 1. The number of rotatable bonds is 38. The maximum absolute atomic E-state index is 12.7. The van der Waals surface area contributed by atoms with E-state index in [1.54, 1.807) is 0 Å². The van der Waals surface area contributed by atoms with Crippen molar-refractivity contribution in [3.05, 3.63) is 122 Å². The summed E-state index contributed by atoms with van der Waals surface area (Å²) < 4.78 is 33.7. The third-order valence-electron chi connectivity index (χ3n) is 8.55. The fraction of sp³-hybridized carbons (Fsp3) is 0.560. The second-order valence-corrected chi connectivity index (χ2v) is 16.9. The Balaban J connectivity index is 4.62. The Morgan fingerprint density at radius 1 is 0.607 bits per heavy atom. The molecule has 0 aliphatic carbocycles. The molecule has 61 heavy (non-hydrogen) atoms. The number of unbranched alkanes of at least 4 members (excludes halogenated alkanes) is 2. The number of nitrogens with zero attached hydrogens (tertiary/aromatic N) is 1. The van der Waals surface area contributed by atoms with Crippen molar-refractivity contribution >= 4 is 19.8 Å². The van der Waals surface area contributed by atoms with Gasteiger partial charge in [0, 0.05) is 12.8 Å². The molecule has 0 amide bonds. The molecule has 0 aromatic heterocycles. The molecule has 0 rings (SSSR count). The highest BCUT2D eigenvalue weighted by Gasteiger charge is 2.21. The quantitative estimate of drug-likeness (QED) is 0.0212. The van der Waals surface area contributed by atoms with Crippen LogP contribution >= 0.6 is 7.82 Å². The molecule has 344 valence electrons. The highest BCUT2D eigenvalue weighted by atomic mass is 31.2. The summed E-state index contributed by atoms with van der Waals surface area (Å²) in [5.74, 6) is -1.04. The maximum Gasteiger partial charge on any atom is 0.306 e. The maximum atomic E-state index is 12.7. The zero-order chi connectivity index (χ0) is 45.1. The molecule has 0 heterocycles. The molecule has 0 radical (unpaired) electrons. The molecule has 1 unspecified atom stereocenters. The molecule has 0 aliphatic heterocycles. The van der Waals surface area contributed by atoms with Gasteiger partial charge in [0.25, 0.3) is 7.82 Å². The Labute approximate surface area is 370 Å². The van der Waals surface area contributed by atoms with Crippen LogP contribution in [0.5, 0.6) is 0 Å². The summed E-state index contributed by atoms with van der Waals surface area (Å²) in [5.41, 5.74) is 0. The molecule has 0 aliphatic rings. The summed E-state index contributed by atoms with van der Waals surface area (Å²) >= 11 is 0. The number of ether oxygens (including phenoxy) is 2. The Bertz CT molecular complexity index is 1460. The van der Waals surface area contributed by atoms with Crippen molar-refractivity contribution in [2.45, 2.75) is 135 Å². The van der Waals surface area contributed by atoms with Gasteiger partial charge in [-0.2, -0.15) is 0 Å². The molecule has 0 saturated carbocycles. The predicted molar refractivity (Wildman–Crippen MR) is 250 cm³/mol. The van der Waals surface area contributed by atoms with Crippen LogP contribution in [0.3, 0.4) is 0 Å². The van der Waals surface area contributed by atoms with E-state index in [1.165, 1.54) is 0 Å². The van der Waals surface area contributed by atoms with Crippen molar-refractivity contribution in [1.82, 2.24) is 0 Å². The number of hydrogen-bond donors (Lipinski definition) is 1. The number of phosphoric ester groups is 1. The van der Waals surface area contributed by atoms with Crippen LogP contribution in [0, 0.1) is 0 Å². The lowest BCUT2D eigenvalue weighted by molar-refractivity contribution is -0.870. The van der Waals surface area contributed by atoms with Crippen LogP contribution in [-0.2, 0) is 32.7 Å². The van der Waals surface area contributed by atoms with Crippen molar-refractivity contribution in [2.24, 2.45) is 0 Å². The Morgan fingerprint density at radius 3 is 1.57 bits per heavy atom. The van der Waals surface area contributed by atoms with Crippen LogP contribution in [-0.4, -0.2) is 81.2 Å². The number of aliphatic hydroxyl groups is 1. The largest absolute Gasteiger partial charge is 0.756 e. The molecule has 11 heteroatoms. The number of allylic oxidation sites excluding steroid dienone is 19. The monoisotopic (exact) mass is 870 g/mol. The van der Waals surface area contributed by atoms with Gasteiger partial charge < -0.3 is 33.0 Å². The van der Waals surface area contributed by atoms with Crippen molar-refractivity contribution in [3.8, 4) is 0 Å². The molecule has 0 aromatic rings. The molecule has 0 fully saturated rings. The lowest BCUT2D eigenvalue weighted by Crippen LogP contribution is -2.37. The first-order valence-electron chi connectivity index (χ1n) is 22.3. The normalized spacial score (nSPS) is 15.2. The molecule has 3 atom stereocenters. The Morgan fingerprint density at radius 2 is 1.08 bits per heavy atom. The first kappa shape index (κ1) is 57.4. The van der Waals surface area contributed by atoms with Crippen molar-refractivity contribution < 1.29 is 47.2 Å². The fourth-order valence-corrected chi connectivity index (χ4v) is 5.77. The molecular weight excluding hydrogens is 790 g/mol. The third-order valence-corrected chi connectivity index (χ3v) is 9.51. The van der Waals surface area contributed by atoms with Gasteiger partial charge in [-0.3, -0.25) is 14.2 Å². The van der Waals surface area contributed by atoms with Gasteiger partial charge in [0.2, 0.25) is 0 Å². The number of likely N-dealkylation sites (N-methyl/N-ethyl adjacent to an activating group) is 1. The van der Waals surface area contributed by atoms with Crippen molar-refractivity contribution in [3.63, 3.8) is 0 Å². The fourth-order valence-electron chi connectivity index (χ4n) is 5.04. The second-order valence-electron chi connectivity index (χ2n) is 15.5. The van der Waals surface area contributed by atoms with E-state index in [1.807, 2.05) is 57.6 Å². The Kier molecular flexibility index (Phi) is 38.0. The number of carbonyl (C=O) groups is 2. The molecule has 0 aromatic carbocycles. The van der Waals surface area contributed by atoms with Gasteiger partial charge in [0.1, 0.15) is 19.8 Å². The first-order valence-corrected chi connectivity index (χ1v) is 23.8. The molecule has 0 bridgehead atoms. The van der Waals surface area contributed by atoms with E-state index in [2.05, 4.69) is 98.9 Å². The summed E-state index contributed by atoms with van der Waals surface area (Å²) in [6.45, 7) is 3.75. The van der Waals surface area contributed by atoms with Crippen molar-refractivity contribution in [1.29, 1.82) is 0 Å². The number of quaternary nitrogens is 1. The average molecular weight is 870 g/mol. The zero-order valence-electron chi connectivity index (χ0n) is 38.2. The summed E-state index contributed by atoms with van der Waals surface area (Å²) in [6, 6.07) is 0. The van der Waals surface area contributed by atoms with Crippen LogP contribution in [0.1, 0.15) is 123 Å². The summed E-state index contributed by atoms with van der Waals surface area (Å²) in [7, 11) is 1.04. The van der Waals surface area contributed by atoms with Crippen LogP contribution in [0.2, 0.25) is 0 Å². The van der Waals surface area contributed by atoms with Gasteiger partial charge in [0.05, 0.1) is 33.9 Å². The van der Waals surface area contributed by atoms with E-state index in [4.69, 9.17) is 18.5 Å². The molecule has 10 nitrogen and oxygen atoms in total. The van der Waals surface area contributed by atoms with E-state index >= 15 is 0 Å². The standard InChI is InChI=1S/C50H80NO9P/c1-6-8-10-11-12-13-14-15-16-17-18-19-20-21-25-28-31-34-37-41-49(53)57-45-48(46-59-61(55,56)58-44-43-51(3,4)5)60-50(54)42-38-35-32-29-26-23-22-24-27-30-33-36-40-47(52)39-9-7-2/h8,10,12-13,15-16,18-19,21-23,25,27,29-32,34,36,40,47-48,52H,6-7,9,11,14,17,20,24,26,28,33,35,37-39,41-46H2,1-5H3/b10-8-,13-12-,16-15-,19-18-,23-22-,25-21-,30-27-,32-29-,34-31-,40-36-/t47-,48-/m1/s1. The number of phosphoric acid groups is 1. The van der Waals surface area contributed by atoms with E-state index in [0.29, 0.717) is 30.3 Å². The molecule has 1 N–H and O–H groups in total. The van der Waals surface area contributed by atoms with Gasteiger partial charge in [0.15, 0.2) is 6.10 Å². The van der Waals surface area contributed by atoms with Gasteiger partial charge in [-0.15, -0.1) is 0 Å². The van der Waals surface area contributed by atoms with Crippen LogP contribution in [0.4, 0.5) is 0 Å². The van der Waals surface area contributed by atoms with Crippen LogP contribution < -0.4 is 4.89 Å². The van der Waals surface area contributed by atoms with E-state index < -0.39 is 32.5 Å². The number of carbonyl (C=O) groups excluding carboxylic acids is 2. The van der Waals surface area contributed by atoms with Crippen LogP contribution in [0.15, 0.2) is 122 Å². The minimum Gasteiger partial charge on any atom is -0.756 e. The average Bonchev–Trinajstić information content (AvgIpc) is 3.21. The van der Waals surface area contributed by atoms with E-state index in [0.717, 1.165) is 77.0 Å². The SMILES string of the molecule is CC/C=C\C/C=C\C/C=C\C/C=C\C/C=C\C/C=C\CCC(=O)OC[C@H](COP(=O)([O-])OCC[N+](C)(C)C)OC(=O)CCC/C=C\C/C=C\C/C=C\C/C=C\[C@H](O)CCCC. The van der Waals surface area contributed by atoms with Gasteiger partial charge in [-0.1, -0.05) is 148 Å². The first-order chi connectivity index (χ1) is 29.4. The second kappa shape index (κ2) is 40.4. The minimum atomic E-state index is -4.68. The topological polar surface area (TPSA) is 131 Å². The summed E-state index contributed by atoms with van der Waals surface area (Å²) in [4.78, 5) is 37.5. The van der Waals surface area contributed by atoms with E-state index in [-0.39, 0.29) is 32.2 Å². The lowest BCUT2D eigenvalue weighted by Gasteiger charge is -2.28. The minimum absolute atomic E-state index is 0.0672. The highest BCUT2D eigenvalue weighted by molar-refractivity contribution is 7.45. The van der Waals surface area contributed by atoms with E-state index in [9.17, 15) is 24.2 Å².